The molecule has 0 saturated carbocycles. The number of nitrogens with one attached hydrogen (secondary N) is 2. The second-order valence-electron chi connectivity index (χ2n) is 6.04. The molecule has 25 heavy (non-hydrogen) atoms. The lowest BCUT2D eigenvalue weighted by molar-refractivity contribution is -0.142. The van der Waals surface area contributed by atoms with E-state index in [-0.39, 0.29) is 22.8 Å². The first-order chi connectivity index (χ1) is 11.5. The number of carboxylic acids is 1. The molecule has 2 amide bonds. The van der Waals surface area contributed by atoms with Gasteiger partial charge in [0.05, 0.1) is 17.0 Å². The molecule has 1 aromatic rings. The van der Waals surface area contributed by atoms with Crippen molar-refractivity contribution < 1.29 is 27.9 Å². The van der Waals surface area contributed by atoms with Crippen LogP contribution < -0.4 is 10.6 Å². The second-order valence-corrected chi connectivity index (χ2v) is 8.02. The Labute approximate surface area is 146 Å². The average molecular weight is 370 g/mol. The quantitative estimate of drug-likeness (QED) is 0.609. The van der Waals surface area contributed by atoms with E-state index < -0.39 is 40.2 Å². The van der Waals surface area contributed by atoms with E-state index >= 15 is 0 Å². The topological polar surface area (TPSA) is 130 Å². The lowest BCUT2D eigenvalue weighted by atomic mass is 10.0. The number of carboxylic acid groups (broad SMARTS) is 1. The Balaban J connectivity index is 2.74. The molecule has 0 spiro atoms. The molecule has 3 N–H and O–H groups in total. The Bertz CT molecular complexity index is 758. The molecule has 1 aromatic carbocycles. The van der Waals surface area contributed by atoms with Crippen molar-refractivity contribution in [2.45, 2.75) is 31.2 Å². The van der Waals surface area contributed by atoms with Gasteiger partial charge in [0.25, 0.3) is 5.91 Å². The molecular weight excluding hydrogens is 348 g/mol. The van der Waals surface area contributed by atoms with E-state index in [0.29, 0.717) is 0 Å². The summed E-state index contributed by atoms with van der Waals surface area (Å²) in [5, 5.41) is 13.7. The number of amides is 2. The van der Waals surface area contributed by atoms with E-state index in [4.69, 9.17) is 5.11 Å². The van der Waals surface area contributed by atoms with Gasteiger partial charge >= 0.3 is 5.97 Å². The third-order valence-electron chi connectivity index (χ3n) is 3.28. The van der Waals surface area contributed by atoms with Gasteiger partial charge in [-0.15, -0.1) is 0 Å². The fourth-order valence-electron chi connectivity index (χ4n) is 2.17. The molecule has 0 saturated heterocycles. The van der Waals surface area contributed by atoms with Crippen LogP contribution in [0.2, 0.25) is 0 Å². The van der Waals surface area contributed by atoms with E-state index in [1.807, 2.05) is 13.8 Å². The standard InChI is InChI=1S/C16H22N2O6S/c1-10(2)8-12(16(21)22)18-14(19)9-17-15(20)11-6-4-5-7-13(11)25(3,23)24/h4-7,10,12H,8-9H2,1-3H3,(H,17,20)(H,18,19)(H,21,22)/t12-/m0/s1. The molecule has 1 atom stereocenters. The van der Waals surface area contributed by atoms with Crippen LogP contribution in [0, 0.1) is 5.92 Å². The van der Waals surface area contributed by atoms with Gasteiger partial charge in [-0.1, -0.05) is 26.0 Å². The molecule has 0 aliphatic heterocycles. The largest absolute Gasteiger partial charge is 0.480 e. The van der Waals surface area contributed by atoms with Crippen molar-refractivity contribution in [1.82, 2.24) is 10.6 Å². The van der Waals surface area contributed by atoms with Crippen molar-refractivity contribution in [2.24, 2.45) is 5.92 Å². The van der Waals surface area contributed by atoms with Crippen LogP contribution in [0.4, 0.5) is 0 Å². The van der Waals surface area contributed by atoms with Crippen LogP contribution in [0.3, 0.4) is 0 Å². The van der Waals surface area contributed by atoms with E-state index in [1.165, 1.54) is 24.3 Å². The van der Waals surface area contributed by atoms with Gasteiger partial charge in [-0.3, -0.25) is 9.59 Å². The number of hydrogen-bond acceptors (Lipinski definition) is 5. The zero-order valence-electron chi connectivity index (χ0n) is 14.3. The summed E-state index contributed by atoms with van der Waals surface area (Å²) in [5.41, 5.74) is -0.0743. The zero-order valence-corrected chi connectivity index (χ0v) is 15.1. The van der Waals surface area contributed by atoms with E-state index in [9.17, 15) is 22.8 Å². The smallest absolute Gasteiger partial charge is 0.326 e. The van der Waals surface area contributed by atoms with Gasteiger partial charge in [0.15, 0.2) is 9.84 Å². The molecule has 0 fully saturated rings. The van der Waals surface area contributed by atoms with Crippen molar-refractivity contribution in [3.8, 4) is 0 Å². The lowest BCUT2D eigenvalue weighted by Gasteiger charge is -2.16. The highest BCUT2D eigenvalue weighted by Crippen LogP contribution is 2.14. The highest BCUT2D eigenvalue weighted by atomic mass is 32.2. The molecule has 0 bridgehead atoms. The van der Waals surface area contributed by atoms with Gasteiger partial charge in [0.2, 0.25) is 5.91 Å². The average Bonchev–Trinajstić information content (AvgIpc) is 2.50. The first-order valence-corrected chi connectivity index (χ1v) is 9.51. The van der Waals surface area contributed by atoms with Gasteiger partial charge in [0, 0.05) is 6.26 Å². The minimum absolute atomic E-state index is 0.0672. The third-order valence-corrected chi connectivity index (χ3v) is 4.44. The Morgan fingerprint density at radius 2 is 1.76 bits per heavy atom. The fourth-order valence-corrected chi connectivity index (χ4v) is 3.06. The molecule has 9 heteroatoms. The maximum atomic E-state index is 12.1. The van der Waals surface area contributed by atoms with Gasteiger partial charge in [0.1, 0.15) is 6.04 Å². The predicted octanol–water partition coefficient (Wildman–Crippen LogP) is 0.435. The van der Waals surface area contributed by atoms with Crippen LogP contribution in [-0.2, 0) is 19.4 Å². The molecule has 1 rings (SSSR count). The summed E-state index contributed by atoms with van der Waals surface area (Å²) in [4.78, 5) is 35.0. The Kier molecular flexibility index (Phi) is 7.10. The molecule has 138 valence electrons. The molecule has 0 radical (unpaired) electrons. The van der Waals surface area contributed by atoms with Crippen LogP contribution in [0.25, 0.3) is 0 Å². The third kappa shape index (κ3) is 6.54. The summed E-state index contributed by atoms with van der Waals surface area (Å²) in [6.07, 6.45) is 1.24. The number of carbonyl (C=O) groups excluding carboxylic acids is 2. The Morgan fingerprint density at radius 3 is 2.28 bits per heavy atom. The van der Waals surface area contributed by atoms with Gasteiger partial charge in [-0.05, 0) is 24.5 Å². The van der Waals surface area contributed by atoms with Gasteiger partial charge in [-0.2, -0.15) is 0 Å². The summed E-state index contributed by atoms with van der Waals surface area (Å²) < 4.78 is 23.4. The number of aliphatic carboxylic acids is 1. The number of hydrogen-bond donors (Lipinski definition) is 3. The number of sulfone groups is 1. The van der Waals surface area contributed by atoms with Crippen molar-refractivity contribution in [3.05, 3.63) is 29.8 Å². The zero-order chi connectivity index (χ0) is 19.2. The van der Waals surface area contributed by atoms with Gasteiger partial charge < -0.3 is 15.7 Å². The van der Waals surface area contributed by atoms with Crippen LogP contribution in [-0.4, -0.2) is 50.2 Å². The molecule has 0 heterocycles. The number of benzene rings is 1. The first-order valence-electron chi connectivity index (χ1n) is 7.61. The van der Waals surface area contributed by atoms with Crippen molar-refractivity contribution in [1.29, 1.82) is 0 Å². The van der Waals surface area contributed by atoms with Crippen LogP contribution in [0.1, 0.15) is 30.6 Å². The van der Waals surface area contributed by atoms with Crippen LogP contribution in [0.15, 0.2) is 29.2 Å². The predicted molar refractivity (Wildman–Crippen MR) is 90.9 cm³/mol. The maximum absolute atomic E-state index is 12.1. The summed E-state index contributed by atoms with van der Waals surface area (Å²) >= 11 is 0. The maximum Gasteiger partial charge on any atom is 0.326 e. The van der Waals surface area contributed by atoms with Crippen molar-refractivity contribution in [2.75, 3.05) is 12.8 Å². The van der Waals surface area contributed by atoms with Crippen LogP contribution in [0.5, 0.6) is 0 Å². The molecule has 8 nitrogen and oxygen atoms in total. The first kappa shape index (κ1) is 20.6. The minimum Gasteiger partial charge on any atom is -0.480 e. The monoisotopic (exact) mass is 370 g/mol. The lowest BCUT2D eigenvalue weighted by Crippen LogP contribution is -2.46. The molecular formula is C16H22N2O6S. The molecule has 0 unspecified atom stereocenters. The molecule has 0 aliphatic rings. The Hall–Kier alpha value is -2.42. The second kappa shape index (κ2) is 8.61. The Morgan fingerprint density at radius 1 is 1.16 bits per heavy atom. The normalized spacial score (nSPS) is 12.5. The number of rotatable bonds is 8. The summed E-state index contributed by atoms with van der Waals surface area (Å²) in [6.45, 7) is 3.19. The summed E-state index contributed by atoms with van der Waals surface area (Å²) in [5.74, 6) is -2.49. The number of carbonyl (C=O) groups is 3. The van der Waals surface area contributed by atoms with E-state index in [1.54, 1.807) is 0 Å². The molecule has 0 aromatic heterocycles. The van der Waals surface area contributed by atoms with Crippen molar-refractivity contribution in [3.63, 3.8) is 0 Å². The highest BCUT2D eigenvalue weighted by Gasteiger charge is 2.22. The summed E-state index contributed by atoms with van der Waals surface area (Å²) in [6, 6.07) is 4.58. The molecule has 0 aliphatic carbocycles. The minimum atomic E-state index is -3.60. The SMILES string of the molecule is CC(C)C[C@H](NC(=O)CNC(=O)c1ccccc1S(C)(=O)=O)C(=O)O. The highest BCUT2D eigenvalue weighted by molar-refractivity contribution is 7.90. The van der Waals surface area contributed by atoms with E-state index in [2.05, 4.69) is 10.6 Å². The van der Waals surface area contributed by atoms with Gasteiger partial charge in [-0.25, -0.2) is 13.2 Å². The van der Waals surface area contributed by atoms with E-state index in [0.717, 1.165) is 6.26 Å². The van der Waals surface area contributed by atoms with Crippen LogP contribution >= 0.6 is 0 Å². The summed E-state index contributed by atoms with van der Waals surface area (Å²) in [7, 11) is -3.60. The fraction of sp³-hybridized carbons (Fsp3) is 0.438. The van der Waals surface area contributed by atoms with Crippen molar-refractivity contribution >= 4 is 27.6 Å².